The number of nitrogens with two attached hydrogens (primary N) is 1. The Hall–Kier alpha value is -2.08. The van der Waals surface area contributed by atoms with Crippen molar-refractivity contribution in [1.82, 2.24) is 19.9 Å². The number of imidazole rings is 1. The molecular formula is C13H13N5S. The van der Waals surface area contributed by atoms with Gasteiger partial charge in [0.2, 0.25) is 0 Å². The maximum Gasteiger partial charge on any atom is 0.181 e. The van der Waals surface area contributed by atoms with Crippen LogP contribution in [0, 0.1) is 0 Å². The van der Waals surface area contributed by atoms with Crippen molar-refractivity contribution in [3.8, 4) is 0 Å². The lowest BCUT2D eigenvalue weighted by atomic mass is 10.2. The zero-order chi connectivity index (χ0) is 13.1. The standard InChI is InChI=1S/C13H13N5S/c14-10-3-1-9(2-4-10)5-6-19-13-11-12(16-7-15-11)17-8-18-13/h1-4,7-8H,5-6,14H2,(H,15,16,17,18). The van der Waals surface area contributed by atoms with E-state index < -0.39 is 0 Å². The Morgan fingerprint density at radius 3 is 2.79 bits per heavy atom. The van der Waals surface area contributed by atoms with Crippen LogP contribution in [0.25, 0.3) is 11.2 Å². The van der Waals surface area contributed by atoms with Crippen molar-refractivity contribution in [2.75, 3.05) is 11.5 Å². The molecular weight excluding hydrogens is 258 g/mol. The molecule has 3 N–H and O–H groups in total. The first kappa shape index (κ1) is 12.0. The van der Waals surface area contributed by atoms with Crippen molar-refractivity contribution in [1.29, 1.82) is 0 Å². The molecule has 0 aliphatic carbocycles. The minimum absolute atomic E-state index is 0.713. The monoisotopic (exact) mass is 271 g/mol. The Labute approximate surface area is 114 Å². The molecule has 1 aromatic carbocycles. The van der Waals surface area contributed by atoms with Crippen molar-refractivity contribution in [3.05, 3.63) is 42.5 Å². The highest BCUT2D eigenvalue weighted by molar-refractivity contribution is 7.99. The minimum Gasteiger partial charge on any atom is -0.399 e. The van der Waals surface area contributed by atoms with Gasteiger partial charge >= 0.3 is 0 Å². The molecule has 0 spiro atoms. The second-order valence-electron chi connectivity index (χ2n) is 4.12. The Kier molecular flexibility index (Phi) is 3.33. The second kappa shape index (κ2) is 5.27. The lowest BCUT2D eigenvalue weighted by Crippen LogP contribution is -1.92. The van der Waals surface area contributed by atoms with E-state index in [0.29, 0.717) is 5.65 Å². The summed E-state index contributed by atoms with van der Waals surface area (Å²) in [5, 5.41) is 0.943. The van der Waals surface area contributed by atoms with E-state index in [1.54, 1.807) is 24.4 Å². The molecule has 3 rings (SSSR count). The topological polar surface area (TPSA) is 80.5 Å². The summed E-state index contributed by atoms with van der Waals surface area (Å²) in [5.74, 6) is 0.953. The molecule has 19 heavy (non-hydrogen) atoms. The highest BCUT2D eigenvalue weighted by Crippen LogP contribution is 2.22. The lowest BCUT2D eigenvalue weighted by Gasteiger charge is -2.02. The number of hydrogen-bond acceptors (Lipinski definition) is 5. The van der Waals surface area contributed by atoms with Crippen molar-refractivity contribution in [2.45, 2.75) is 11.4 Å². The van der Waals surface area contributed by atoms with Crippen molar-refractivity contribution in [3.63, 3.8) is 0 Å². The van der Waals surface area contributed by atoms with Gasteiger partial charge in [0.15, 0.2) is 5.65 Å². The van der Waals surface area contributed by atoms with Crippen LogP contribution in [0.2, 0.25) is 0 Å². The number of H-pyrrole nitrogens is 1. The number of nitrogen functional groups attached to an aromatic ring is 1. The summed E-state index contributed by atoms with van der Waals surface area (Å²) in [4.78, 5) is 15.6. The number of thioether (sulfide) groups is 1. The van der Waals surface area contributed by atoms with Crippen LogP contribution >= 0.6 is 11.8 Å². The van der Waals surface area contributed by atoms with E-state index >= 15 is 0 Å². The van der Waals surface area contributed by atoms with Gasteiger partial charge < -0.3 is 10.7 Å². The van der Waals surface area contributed by atoms with Gasteiger partial charge in [0.05, 0.1) is 6.33 Å². The lowest BCUT2D eigenvalue weighted by molar-refractivity contribution is 1.08. The quantitative estimate of drug-likeness (QED) is 0.432. The molecule has 6 heteroatoms. The average Bonchev–Trinajstić information content (AvgIpc) is 2.90. The van der Waals surface area contributed by atoms with E-state index in [1.807, 2.05) is 12.1 Å². The van der Waals surface area contributed by atoms with Crippen LogP contribution in [-0.2, 0) is 6.42 Å². The van der Waals surface area contributed by atoms with Gasteiger partial charge in [0.1, 0.15) is 16.9 Å². The van der Waals surface area contributed by atoms with Crippen molar-refractivity contribution < 1.29 is 0 Å². The van der Waals surface area contributed by atoms with Crippen LogP contribution in [0.5, 0.6) is 0 Å². The molecule has 0 unspecified atom stereocenters. The van der Waals surface area contributed by atoms with E-state index in [0.717, 1.165) is 28.4 Å². The molecule has 5 nitrogen and oxygen atoms in total. The van der Waals surface area contributed by atoms with Gasteiger partial charge in [-0.25, -0.2) is 15.0 Å². The zero-order valence-corrected chi connectivity index (χ0v) is 11.0. The average molecular weight is 271 g/mol. The van der Waals surface area contributed by atoms with Crippen molar-refractivity contribution in [2.24, 2.45) is 0 Å². The fourth-order valence-electron chi connectivity index (χ4n) is 1.80. The molecule has 0 atom stereocenters. The van der Waals surface area contributed by atoms with Crippen LogP contribution < -0.4 is 5.73 Å². The molecule has 0 fully saturated rings. The molecule has 0 saturated heterocycles. The molecule has 0 aliphatic rings. The van der Waals surface area contributed by atoms with Crippen molar-refractivity contribution >= 4 is 28.6 Å². The summed E-state index contributed by atoms with van der Waals surface area (Å²) >= 11 is 1.70. The second-order valence-corrected chi connectivity index (χ2v) is 5.20. The third-order valence-corrected chi connectivity index (χ3v) is 3.79. The Balaban J connectivity index is 1.66. The van der Waals surface area contributed by atoms with Gasteiger partial charge in [-0.2, -0.15) is 0 Å². The number of nitrogens with zero attached hydrogens (tertiary/aromatic N) is 3. The number of aryl methyl sites for hydroxylation is 1. The molecule has 0 saturated carbocycles. The van der Waals surface area contributed by atoms with Crippen LogP contribution in [0.1, 0.15) is 5.56 Å². The highest BCUT2D eigenvalue weighted by Gasteiger charge is 2.06. The van der Waals surface area contributed by atoms with E-state index in [-0.39, 0.29) is 0 Å². The third-order valence-electron chi connectivity index (χ3n) is 2.80. The molecule has 0 amide bonds. The largest absolute Gasteiger partial charge is 0.399 e. The highest BCUT2D eigenvalue weighted by atomic mass is 32.2. The molecule has 0 aliphatic heterocycles. The molecule has 2 heterocycles. The first-order chi connectivity index (χ1) is 9.33. The fourth-order valence-corrected chi connectivity index (χ4v) is 2.75. The summed E-state index contributed by atoms with van der Waals surface area (Å²) in [7, 11) is 0. The minimum atomic E-state index is 0.713. The number of aromatic amines is 1. The smallest absolute Gasteiger partial charge is 0.181 e. The molecule has 96 valence electrons. The van der Waals surface area contributed by atoms with E-state index in [4.69, 9.17) is 5.73 Å². The van der Waals surface area contributed by atoms with E-state index in [2.05, 4.69) is 32.1 Å². The predicted molar refractivity (Wildman–Crippen MR) is 77.0 cm³/mol. The number of nitrogens with one attached hydrogen (secondary N) is 1. The molecule has 2 aromatic heterocycles. The number of benzene rings is 1. The number of aromatic nitrogens is 4. The Bertz CT molecular complexity index is 677. The molecule has 0 radical (unpaired) electrons. The first-order valence-electron chi connectivity index (χ1n) is 5.94. The van der Waals surface area contributed by atoms with Crippen LogP contribution in [-0.4, -0.2) is 25.7 Å². The van der Waals surface area contributed by atoms with Gasteiger partial charge in [0.25, 0.3) is 0 Å². The maximum atomic E-state index is 5.66. The fraction of sp³-hybridized carbons (Fsp3) is 0.154. The number of rotatable bonds is 4. The van der Waals surface area contributed by atoms with Gasteiger partial charge in [-0.3, -0.25) is 0 Å². The van der Waals surface area contributed by atoms with E-state index in [9.17, 15) is 0 Å². The summed E-state index contributed by atoms with van der Waals surface area (Å²) in [6, 6.07) is 7.97. The zero-order valence-electron chi connectivity index (χ0n) is 10.2. The van der Waals surface area contributed by atoms with Crippen LogP contribution in [0.15, 0.2) is 41.9 Å². The van der Waals surface area contributed by atoms with Gasteiger partial charge in [0, 0.05) is 11.4 Å². The van der Waals surface area contributed by atoms with Gasteiger partial charge in [-0.1, -0.05) is 12.1 Å². The number of fused-ring (bicyclic) bond motifs is 1. The first-order valence-corrected chi connectivity index (χ1v) is 6.93. The third kappa shape index (κ3) is 2.68. The normalized spacial score (nSPS) is 10.9. The van der Waals surface area contributed by atoms with Crippen LogP contribution in [0.4, 0.5) is 5.69 Å². The summed E-state index contributed by atoms with van der Waals surface area (Å²) in [6.45, 7) is 0. The van der Waals surface area contributed by atoms with E-state index in [1.165, 1.54) is 5.56 Å². The number of anilines is 1. The number of hydrogen-bond donors (Lipinski definition) is 2. The summed E-state index contributed by atoms with van der Waals surface area (Å²) in [5.41, 5.74) is 9.36. The predicted octanol–water partition coefficient (Wildman–Crippen LogP) is 2.27. The maximum absolute atomic E-state index is 5.66. The molecule has 0 bridgehead atoms. The van der Waals surface area contributed by atoms with Crippen LogP contribution in [0.3, 0.4) is 0 Å². The summed E-state index contributed by atoms with van der Waals surface area (Å²) in [6.07, 6.45) is 4.17. The Morgan fingerprint density at radius 2 is 1.95 bits per heavy atom. The SMILES string of the molecule is Nc1ccc(CCSc2ncnc3nc[nH]c23)cc1. The molecule has 3 aromatic rings. The van der Waals surface area contributed by atoms with Gasteiger partial charge in [-0.15, -0.1) is 11.8 Å². The Morgan fingerprint density at radius 1 is 1.11 bits per heavy atom. The summed E-state index contributed by atoms with van der Waals surface area (Å²) < 4.78 is 0. The van der Waals surface area contributed by atoms with Gasteiger partial charge in [-0.05, 0) is 24.1 Å².